The zero-order valence-electron chi connectivity index (χ0n) is 11.3. The molecule has 17 heavy (non-hydrogen) atoms. The van der Waals surface area contributed by atoms with Crippen LogP contribution in [0.1, 0.15) is 13.8 Å². The van der Waals surface area contributed by atoms with E-state index in [1.165, 1.54) is 0 Å². The van der Waals surface area contributed by atoms with Crippen LogP contribution in [0.3, 0.4) is 0 Å². The van der Waals surface area contributed by atoms with Gasteiger partial charge in [0.2, 0.25) is 0 Å². The predicted octanol–water partition coefficient (Wildman–Crippen LogP) is -1.27. The first kappa shape index (κ1) is 14.9. The fourth-order valence-electron chi connectivity index (χ4n) is 1.86. The van der Waals surface area contributed by atoms with Gasteiger partial charge in [0, 0.05) is 64.4 Å². The predicted molar refractivity (Wildman–Crippen MR) is 73.5 cm³/mol. The van der Waals surface area contributed by atoms with E-state index in [1.807, 2.05) is 0 Å². The maximum atomic E-state index is 3.54. The Hall–Kier alpha value is -0.200. The summed E-state index contributed by atoms with van der Waals surface area (Å²) in [5.74, 6) is 0. The molecule has 1 fully saturated rings. The minimum Gasteiger partial charge on any atom is -0.314 e. The molecule has 0 aromatic carbocycles. The molecule has 102 valence electrons. The van der Waals surface area contributed by atoms with Crippen LogP contribution in [0, 0.1) is 0 Å². The third kappa shape index (κ3) is 7.68. The summed E-state index contributed by atoms with van der Waals surface area (Å²) in [5, 5.41) is 17.3. The monoisotopic (exact) mass is 243 g/mol. The highest BCUT2D eigenvalue weighted by Crippen LogP contribution is 1.90. The first-order valence-electron chi connectivity index (χ1n) is 6.89. The van der Waals surface area contributed by atoms with E-state index in [0.717, 1.165) is 52.4 Å². The van der Waals surface area contributed by atoms with Gasteiger partial charge < -0.3 is 26.6 Å². The molecule has 1 aliphatic rings. The van der Waals surface area contributed by atoms with Gasteiger partial charge in [-0.05, 0) is 13.8 Å². The van der Waals surface area contributed by atoms with Crippen molar-refractivity contribution in [3.8, 4) is 0 Å². The van der Waals surface area contributed by atoms with Gasteiger partial charge in [0.1, 0.15) is 0 Å². The van der Waals surface area contributed by atoms with E-state index in [1.54, 1.807) is 0 Å². The fourth-order valence-corrected chi connectivity index (χ4v) is 1.86. The first-order chi connectivity index (χ1) is 8.30. The van der Waals surface area contributed by atoms with Crippen LogP contribution in [0.5, 0.6) is 0 Å². The Morgan fingerprint density at radius 2 is 0.824 bits per heavy atom. The molecule has 0 radical (unpaired) electrons. The van der Waals surface area contributed by atoms with Crippen molar-refractivity contribution in [1.82, 2.24) is 26.6 Å². The Morgan fingerprint density at radius 1 is 0.529 bits per heavy atom. The van der Waals surface area contributed by atoms with Gasteiger partial charge >= 0.3 is 0 Å². The van der Waals surface area contributed by atoms with E-state index >= 15 is 0 Å². The zero-order chi connectivity index (χ0) is 12.3. The van der Waals surface area contributed by atoms with E-state index in [0.29, 0.717) is 12.1 Å². The average molecular weight is 243 g/mol. The smallest absolute Gasteiger partial charge is 0.0190 e. The molecular formula is C12H29N5. The molecule has 5 heteroatoms. The average Bonchev–Trinajstić information content (AvgIpc) is 2.34. The van der Waals surface area contributed by atoms with Crippen LogP contribution in [-0.2, 0) is 0 Å². The summed E-state index contributed by atoms with van der Waals surface area (Å²) in [7, 11) is 0. The quantitative estimate of drug-likeness (QED) is 0.367. The lowest BCUT2D eigenvalue weighted by Gasteiger charge is -2.22. The number of hydrogen-bond donors (Lipinski definition) is 5. The normalized spacial score (nSPS) is 31.4. The first-order valence-corrected chi connectivity index (χ1v) is 6.89. The summed E-state index contributed by atoms with van der Waals surface area (Å²) in [6, 6.07) is 1.03. The van der Waals surface area contributed by atoms with Crippen molar-refractivity contribution in [2.45, 2.75) is 25.9 Å². The fraction of sp³-hybridized carbons (Fsp3) is 1.00. The van der Waals surface area contributed by atoms with E-state index in [-0.39, 0.29) is 0 Å². The molecular weight excluding hydrogens is 214 g/mol. The third-order valence-electron chi connectivity index (χ3n) is 3.24. The molecule has 1 heterocycles. The van der Waals surface area contributed by atoms with Crippen molar-refractivity contribution >= 4 is 0 Å². The molecule has 1 rings (SSSR count). The van der Waals surface area contributed by atoms with Crippen molar-refractivity contribution in [2.75, 3.05) is 52.4 Å². The summed E-state index contributed by atoms with van der Waals surface area (Å²) in [6.07, 6.45) is 0. The molecule has 0 spiro atoms. The Kier molecular flexibility index (Phi) is 8.56. The zero-order valence-corrected chi connectivity index (χ0v) is 11.3. The van der Waals surface area contributed by atoms with Gasteiger partial charge in [0.05, 0.1) is 0 Å². The second-order valence-corrected chi connectivity index (χ2v) is 4.74. The Balaban J connectivity index is 2.21. The van der Waals surface area contributed by atoms with Crippen molar-refractivity contribution in [2.24, 2.45) is 0 Å². The molecule has 0 amide bonds. The third-order valence-corrected chi connectivity index (χ3v) is 3.24. The van der Waals surface area contributed by atoms with Gasteiger partial charge in [0.15, 0.2) is 0 Å². The topological polar surface area (TPSA) is 60.1 Å². The van der Waals surface area contributed by atoms with Crippen molar-refractivity contribution < 1.29 is 0 Å². The molecule has 1 saturated heterocycles. The van der Waals surface area contributed by atoms with E-state index in [2.05, 4.69) is 40.4 Å². The molecule has 2 atom stereocenters. The minimum atomic E-state index is 0.514. The van der Waals surface area contributed by atoms with Gasteiger partial charge in [-0.1, -0.05) is 0 Å². The summed E-state index contributed by atoms with van der Waals surface area (Å²) in [4.78, 5) is 0. The lowest BCUT2D eigenvalue weighted by Crippen LogP contribution is -2.47. The van der Waals surface area contributed by atoms with Gasteiger partial charge in [-0.15, -0.1) is 0 Å². The van der Waals surface area contributed by atoms with E-state index < -0.39 is 0 Å². The van der Waals surface area contributed by atoms with Crippen molar-refractivity contribution in [1.29, 1.82) is 0 Å². The molecule has 0 bridgehead atoms. The molecule has 0 unspecified atom stereocenters. The van der Waals surface area contributed by atoms with Crippen molar-refractivity contribution in [3.05, 3.63) is 0 Å². The van der Waals surface area contributed by atoms with Crippen LogP contribution in [0.25, 0.3) is 0 Å². The summed E-state index contributed by atoms with van der Waals surface area (Å²) < 4.78 is 0. The lowest BCUT2D eigenvalue weighted by atomic mass is 10.1. The van der Waals surface area contributed by atoms with Crippen LogP contribution in [0.15, 0.2) is 0 Å². The van der Waals surface area contributed by atoms with Crippen LogP contribution in [0.2, 0.25) is 0 Å². The number of nitrogens with one attached hydrogen (secondary N) is 5. The largest absolute Gasteiger partial charge is 0.314 e. The number of rotatable bonds is 0. The van der Waals surface area contributed by atoms with E-state index in [9.17, 15) is 0 Å². The highest BCUT2D eigenvalue weighted by molar-refractivity contribution is 4.75. The highest BCUT2D eigenvalue weighted by Gasteiger charge is 2.09. The van der Waals surface area contributed by atoms with Gasteiger partial charge in [0.25, 0.3) is 0 Å². The lowest BCUT2D eigenvalue weighted by molar-refractivity contribution is 0.407. The second kappa shape index (κ2) is 9.79. The molecule has 0 saturated carbocycles. The van der Waals surface area contributed by atoms with Gasteiger partial charge in [-0.2, -0.15) is 0 Å². The second-order valence-electron chi connectivity index (χ2n) is 4.74. The summed E-state index contributed by atoms with van der Waals surface area (Å²) >= 11 is 0. The standard InChI is InChI=1S/C12H29N5/c1-11-12(2)17-10-8-15-6-4-13-3-5-14-7-9-16-11/h11-17H,3-10H2,1-2H3/t11-,12+. The Labute approximate surface area is 105 Å². The molecule has 0 aromatic rings. The van der Waals surface area contributed by atoms with Crippen molar-refractivity contribution in [3.63, 3.8) is 0 Å². The summed E-state index contributed by atoms with van der Waals surface area (Å²) in [5.41, 5.74) is 0. The molecule has 5 nitrogen and oxygen atoms in total. The van der Waals surface area contributed by atoms with Crippen LogP contribution in [0.4, 0.5) is 0 Å². The van der Waals surface area contributed by atoms with Gasteiger partial charge in [-0.25, -0.2) is 0 Å². The van der Waals surface area contributed by atoms with Crippen LogP contribution >= 0.6 is 0 Å². The highest BCUT2D eigenvalue weighted by atomic mass is 15.1. The maximum absolute atomic E-state index is 3.54. The number of hydrogen-bond acceptors (Lipinski definition) is 5. The van der Waals surface area contributed by atoms with E-state index in [4.69, 9.17) is 0 Å². The summed E-state index contributed by atoms with van der Waals surface area (Å²) in [6.45, 7) is 12.8. The van der Waals surface area contributed by atoms with Crippen LogP contribution < -0.4 is 26.6 Å². The Bertz CT molecular complexity index is 158. The maximum Gasteiger partial charge on any atom is 0.0190 e. The van der Waals surface area contributed by atoms with Gasteiger partial charge in [-0.3, -0.25) is 0 Å². The molecule has 1 aliphatic heterocycles. The molecule has 5 N–H and O–H groups in total. The molecule has 0 aromatic heterocycles. The minimum absolute atomic E-state index is 0.514. The molecule has 0 aliphatic carbocycles. The Morgan fingerprint density at radius 3 is 1.18 bits per heavy atom. The van der Waals surface area contributed by atoms with Crippen LogP contribution in [-0.4, -0.2) is 64.4 Å². The SMILES string of the molecule is C[C@@H]1NCCNCCNCCNCCN[C@@H]1C.